The van der Waals surface area contributed by atoms with Crippen LogP contribution in [-0.2, 0) is 4.79 Å². The number of rotatable bonds is 3. The average molecular weight is 224 g/mol. The largest absolute Gasteiger partial charge is 0.320 e. The quantitative estimate of drug-likeness (QED) is 0.540. The Balaban J connectivity index is 1.94. The van der Waals surface area contributed by atoms with E-state index in [0.717, 1.165) is 25.7 Å². The van der Waals surface area contributed by atoms with Gasteiger partial charge in [-0.25, -0.2) is 4.79 Å². The van der Waals surface area contributed by atoms with Gasteiger partial charge in [-0.1, -0.05) is 25.7 Å². The summed E-state index contributed by atoms with van der Waals surface area (Å²) in [5.41, 5.74) is 0. The molecule has 1 heterocycles. The number of carbonyl (C=O) groups is 2. The summed E-state index contributed by atoms with van der Waals surface area (Å²) in [7, 11) is 0. The fraction of sp³-hybridized carbons (Fsp3) is 0.833. The highest BCUT2D eigenvalue weighted by molar-refractivity contribution is 5.79. The van der Waals surface area contributed by atoms with Crippen molar-refractivity contribution in [3.8, 4) is 0 Å². The Kier molecular flexibility index (Phi) is 3.80. The van der Waals surface area contributed by atoms with E-state index in [-0.39, 0.29) is 12.6 Å². The van der Waals surface area contributed by atoms with Gasteiger partial charge in [-0.05, 0) is 12.8 Å². The molecule has 0 aromatic carbocycles. The third-order valence-corrected chi connectivity index (χ3v) is 3.69. The van der Waals surface area contributed by atoms with E-state index >= 15 is 0 Å². The second-order valence-corrected chi connectivity index (χ2v) is 4.73. The maximum absolute atomic E-state index is 12.0. The molecule has 0 spiro atoms. The molecular formula is C12H20N2O2. The van der Waals surface area contributed by atoms with Crippen molar-refractivity contribution in [3.05, 3.63) is 0 Å². The van der Waals surface area contributed by atoms with Crippen LogP contribution in [0.2, 0.25) is 0 Å². The molecule has 1 saturated heterocycles. The third kappa shape index (κ3) is 2.36. The van der Waals surface area contributed by atoms with E-state index in [1.165, 1.54) is 25.7 Å². The molecule has 0 aromatic rings. The van der Waals surface area contributed by atoms with E-state index in [1.807, 2.05) is 4.90 Å². The number of hydrogen-bond acceptors (Lipinski definition) is 2. The van der Waals surface area contributed by atoms with E-state index < -0.39 is 0 Å². The van der Waals surface area contributed by atoms with Crippen LogP contribution >= 0.6 is 0 Å². The number of aldehydes is 1. The molecule has 90 valence electrons. The van der Waals surface area contributed by atoms with Gasteiger partial charge in [-0.3, -0.25) is 0 Å². The highest BCUT2D eigenvalue weighted by Gasteiger charge is 2.33. The summed E-state index contributed by atoms with van der Waals surface area (Å²) in [6, 6.07) is 0.491. The van der Waals surface area contributed by atoms with Gasteiger partial charge in [-0.2, -0.15) is 0 Å². The minimum Gasteiger partial charge on any atom is -0.320 e. The monoisotopic (exact) mass is 224 g/mol. The molecule has 4 nitrogen and oxygen atoms in total. The molecule has 2 aliphatic rings. The minimum absolute atomic E-state index is 0.0685. The van der Waals surface area contributed by atoms with E-state index in [2.05, 4.69) is 0 Å². The zero-order valence-electron chi connectivity index (χ0n) is 9.73. The van der Waals surface area contributed by atoms with Crippen LogP contribution in [0, 0.1) is 0 Å². The van der Waals surface area contributed by atoms with E-state index in [9.17, 15) is 9.59 Å². The van der Waals surface area contributed by atoms with Crippen molar-refractivity contribution in [1.29, 1.82) is 0 Å². The van der Waals surface area contributed by atoms with Gasteiger partial charge in [0.05, 0.1) is 6.54 Å². The van der Waals surface area contributed by atoms with Gasteiger partial charge in [0.15, 0.2) is 0 Å². The molecule has 0 bridgehead atoms. The fourth-order valence-corrected chi connectivity index (χ4v) is 2.77. The van der Waals surface area contributed by atoms with Crippen molar-refractivity contribution >= 4 is 12.3 Å². The van der Waals surface area contributed by atoms with E-state index in [1.54, 1.807) is 4.90 Å². The third-order valence-electron chi connectivity index (χ3n) is 3.69. The molecule has 0 unspecified atom stereocenters. The smallest absolute Gasteiger partial charge is 0.320 e. The summed E-state index contributed by atoms with van der Waals surface area (Å²) in [5, 5.41) is 0. The van der Waals surface area contributed by atoms with Crippen LogP contribution in [0.5, 0.6) is 0 Å². The van der Waals surface area contributed by atoms with Crippen LogP contribution in [0.25, 0.3) is 0 Å². The zero-order valence-corrected chi connectivity index (χ0v) is 9.73. The summed E-state index contributed by atoms with van der Waals surface area (Å²) >= 11 is 0. The van der Waals surface area contributed by atoms with Gasteiger partial charge in [-0.15, -0.1) is 0 Å². The molecule has 0 aromatic heterocycles. The molecule has 16 heavy (non-hydrogen) atoms. The van der Waals surface area contributed by atoms with E-state index in [4.69, 9.17) is 0 Å². The lowest BCUT2D eigenvalue weighted by atomic mass is 10.1. The Bertz CT molecular complexity index is 260. The summed E-state index contributed by atoms with van der Waals surface area (Å²) < 4.78 is 0. The molecule has 2 amide bonds. The maximum Gasteiger partial charge on any atom is 0.320 e. The summed E-state index contributed by atoms with van der Waals surface area (Å²) in [4.78, 5) is 26.1. The summed E-state index contributed by atoms with van der Waals surface area (Å²) in [6.07, 6.45) is 8.17. The Labute approximate surface area is 96.6 Å². The standard InChI is InChI=1S/C12H20N2O2/c15-10-9-13-7-8-14(12(13)16)11-5-3-1-2-4-6-11/h10-11H,1-9H2. The predicted molar refractivity (Wildman–Crippen MR) is 61.2 cm³/mol. The van der Waals surface area contributed by atoms with Gasteiger partial charge in [0.25, 0.3) is 0 Å². The first-order valence-electron chi connectivity index (χ1n) is 6.32. The second kappa shape index (κ2) is 5.32. The highest BCUT2D eigenvalue weighted by atomic mass is 16.2. The van der Waals surface area contributed by atoms with Crippen LogP contribution < -0.4 is 0 Å². The molecule has 2 fully saturated rings. The number of amides is 2. The van der Waals surface area contributed by atoms with Crippen LogP contribution in [-0.4, -0.2) is 47.8 Å². The molecule has 2 rings (SSSR count). The topological polar surface area (TPSA) is 40.6 Å². The molecule has 0 atom stereocenters. The first kappa shape index (κ1) is 11.4. The van der Waals surface area contributed by atoms with Crippen LogP contribution in [0.1, 0.15) is 38.5 Å². The molecule has 1 aliphatic heterocycles. The summed E-state index contributed by atoms with van der Waals surface area (Å²) in [6.45, 7) is 1.77. The van der Waals surface area contributed by atoms with E-state index in [0.29, 0.717) is 12.6 Å². The van der Waals surface area contributed by atoms with Crippen LogP contribution in [0.15, 0.2) is 0 Å². The maximum atomic E-state index is 12.0. The number of carbonyl (C=O) groups excluding carboxylic acids is 2. The first-order chi connectivity index (χ1) is 7.83. The number of nitrogens with zero attached hydrogens (tertiary/aromatic N) is 2. The molecular weight excluding hydrogens is 204 g/mol. The van der Waals surface area contributed by atoms with Gasteiger partial charge < -0.3 is 14.6 Å². The lowest BCUT2D eigenvalue weighted by molar-refractivity contribution is -0.108. The lowest BCUT2D eigenvalue weighted by Gasteiger charge is -2.26. The lowest BCUT2D eigenvalue weighted by Crippen LogP contribution is -2.39. The van der Waals surface area contributed by atoms with Crippen molar-refractivity contribution in [2.24, 2.45) is 0 Å². The van der Waals surface area contributed by atoms with Gasteiger partial charge in [0, 0.05) is 19.1 Å². The summed E-state index contributed by atoms with van der Waals surface area (Å²) in [5.74, 6) is 0. The zero-order chi connectivity index (χ0) is 11.4. The number of urea groups is 1. The van der Waals surface area contributed by atoms with Gasteiger partial charge >= 0.3 is 6.03 Å². The SMILES string of the molecule is O=CCN1CCN(C2CCCCCC2)C1=O. The normalized spacial score (nSPS) is 23.6. The second-order valence-electron chi connectivity index (χ2n) is 4.73. The van der Waals surface area contributed by atoms with Crippen molar-refractivity contribution in [2.75, 3.05) is 19.6 Å². The Hall–Kier alpha value is -1.06. The Morgan fingerprint density at radius 1 is 1.12 bits per heavy atom. The van der Waals surface area contributed by atoms with Crippen LogP contribution in [0.3, 0.4) is 0 Å². The van der Waals surface area contributed by atoms with Crippen molar-refractivity contribution in [3.63, 3.8) is 0 Å². The highest BCUT2D eigenvalue weighted by Crippen LogP contribution is 2.24. The molecule has 4 heteroatoms. The molecule has 0 radical (unpaired) electrons. The average Bonchev–Trinajstić information content (AvgIpc) is 2.55. The minimum atomic E-state index is 0.0685. The van der Waals surface area contributed by atoms with Gasteiger partial charge in [0.1, 0.15) is 6.29 Å². The van der Waals surface area contributed by atoms with Crippen molar-refractivity contribution in [2.45, 2.75) is 44.6 Å². The predicted octanol–water partition coefficient (Wildman–Crippen LogP) is 1.65. The Morgan fingerprint density at radius 3 is 2.44 bits per heavy atom. The molecule has 0 N–H and O–H groups in total. The molecule has 1 saturated carbocycles. The van der Waals surface area contributed by atoms with Crippen LogP contribution in [0.4, 0.5) is 4.79 Å². The number of hydrogen-bond donors (Lipinski definition) is 0. The first-order valence-corrected chi connectivity index (χ1v) is 6.32. The van der Waals surface area contributed by atoms with Crippen molar-refractivity contribution < 1.29 is 9.59 Å². The Morgan fingerprint density at radius 2 is 1.81 bits per heavy atom. The fourth-order valence-electron chi connectivity index (χ4n) is 2.77. The van der Waals surface area contributed by atoms with Crippen molar-refractivity contribution in [1.82, 2.24) is 9.80 Å². The van der Waals surface area contributed by atoms with Gasteiger partial charge in [0.2, 0.25) is 0 Å². The molecule has 1 aliphatic carbocycles.